The van der Waals surface area contributed by atoms with Gasteiger partial charge in [-0.3, -0.25) is 28.7 Å². The van der Waals surface area contributed by atoms with Crippen LogP contribution in [0.15, 0.2) is 15.8 Å². The predicted molar refractivity (Wildman–Crippen MR) is 133 cm³/mol. The average molecular weight is 554 g/mol. The molecule has 3 N–H and O–H groups in total. The molecular formula is C25H35N3O11. The molecule has 0 aromatic carbocycles. The molecule has 4 atom stereocenters. The van der Waals surface area contributed by atoms with Crippen molar-refractivity contribution < 1.29 is 43.6 Å². The SMILES string of the molecule is CC(=O)OC[C@@H]1O[C@H](c2cn(C3CCN(C(=O)OC(C)(C)C)CC3)c(=O)[nH]c2=O)[C@@H](CC(=O)O)[C@H]1CC(=O)O. The van der Waals surface area contributed by atoms with Crippen LogP contribution in [0.4, 0.5) is 4.79 Å². The van der Waals surface area contributed by atoms with Crippen LogP contribution in [0.3, 0.4) is 0 Å². The van der Waals surface area contributed by atoms with Gasteiger partial charge in [-0.2, -0.15) is 0 Å². The van der Waals surface area contributed by atoms with Crippen molar-refractivity contribution in [2.45, 2.75) is 77.2 Å². The van der Waals surface area contributed by atoms with E-state index in [0.717, 1.165) is 0 Å². The first-order chi connectivity index (χ1) is 18.2. The summed E-state index contributed by atoms with van der Waals surface area (Å²) < 4.78 is 17.7. The molecule has 0 bridgehead atoms. The Kier molecular flexibility index (Phi) is 9.20. The molecule has 1 amide bonds. The minimum Gasteiger partial charge on any atom is -0.481 e. The Labute approximate surface area is 223 Å². The molecule has 14 nitrogen and oxygen atoms in total. The molecular weight excluding hydrogens is 518 g/mol. The number of aliphatic carboxylic acids is 2. The van der Waals surface area contributed by atoms with Gasteiger partial charge in [0.05, 0.1) is 30.6 Å². The maximum atomic E-state index is 12.9. The van der Waals surface area contributed by atoms with Gasteiger partial charge in [0.15, 0.2) is 0 Å². The van der Waals surface area contributed by atoms with Gasteiger partial charge >= 0.3 is 29.7 Å². The van der Waals surface area contributed by atoms with E-state index >= 15 is 0 Å². The number of nitrogens with one attached hydrogen (secondary N) is 1. The van der Waals surface area contributed by atoms with Gasteiger partial charge < -0.3 is 29.3 Å². The molecule has 3 rings (SSSR count). The van der Waals surface area contributed by atoms with E-state index in [1.165, 1.54) is 17.7 Å². The van der Waals surface area contributed by atoms with Crippen LogP contribution in [0, 0.1) is 11.8 Å². The highest BCUT2D eigenvalue weighted by Gasteiger charge is 2.48. The smallest absolute Gasteiger partial charge is 0.410 e. The second-order valence-corrected chi connectivity index (χ2v) is 10.9. The summed E-state index contributed by atoms with van der Waals surface area (Å²) in [5.41, 5.74) is -2.15. The van der Waals surface area contributed by atoms with Crippen molar-refractivity contribution in [3.8, 4) is 0 Å². The second-order valence-electron chi connectivity index (χ2n) is 10.9. The number of rotatable bonds is 8. The number of hydrogen-bond acceptors (Lipinski definition) is 9. The number of piperidine rings is 1. The molecule has 39 heavy (non-hydrogen) atoms. The summed E-state index contributed by atoms with van der Waals surface area (Å²) in [6.07, 6.45) is -1.47. The number of aromatic nitrogens is 2. The molecule has 2 saturated heterocycles. The van der Waals surface area contributed by atoms with Crippen molar-refractivity contribution >= 4 is 24.0 Å². The molecule has 2 aliphatic rings. The molecule has 2 fully saturated rings. The maximum Gasteiger partial charge on any atom is 0.410 e. The average Bonchev–Trinajstić information content (AvgIpc) is 3.12. The number of nitrogens with zero attached hydrogens (tertiary/aromatic N) is 2. The molecule has 0 saturated carbocycles. The summed E-state index contributed by atoms with van der Waals surface area (Å²) in [6, 6.07) is -0.377. The molecule has 0 aliphatic carbocycles. The van der Waals surface area contributed by atoms with Crippen LogP contribution in [-0.2, 0) is 28.6 Å². The van der Waals surface area contributed by atoms with E-state index in [0.29, 0.717) is 25.9 Å². The first-order valence-electron chi connectivity index (χ1n) is 12.7. The zero-order valence-corrected chi connectivity index (χ0v) is 22.4. The van der Waals surface area contributed by atoms with Crippen LogP contribution < -0.4 is 11.2 Å². The van der Waals surface area contributed by atoms with Crippen LogP contribution in [0.1, 0.15) is 71.1 Å². The third-order valence-electron chi connectivity index (χ3n) is 6.82. The number of hydrogen-bond donors (Lipinski definition) is 3. The zero-order chi connectivity index (χ0) is 29.1. The van der Waals surface area contributed by atoms with Gasteiger partial charge in [-0.1, -0.05) is 0 Å². The zero-order valence-electron chi connectivity index (χ0n) is 22.4. The number of carbonyl (C=O) groups excluding carboxylic acids is 2. The van der Waals surface area contributed by atoms with Gasteiger partial charge in [0, 0.05) is 44.1 Å². The minimum absolute atomic E-state index is 0.0314. The molecule has 0 radical (unpaired) electrons. The van der Waals surface area contributed by atoms with Crippen molar-refractivity contribution in [2.75, 3.05) is 19.7 Å². The molecule has 0 unspecified atom stereocenters. The van der Waals surface area contributed by atoms with Crippen LogP contribution in [0.25, 0.3) is 0 Å². The van der Waals surface area contributed by atoms with Gasteiger partial charge in [0.25, 0.3) is 5.56 Å². The highest BCUT2D eigenvalue weighted by molar-refractivity contribution is 5.69. The fourth-order valence-corrected chi connectivity index (χ4v) is 5.13. The highest BCUT2D eigenvalue weighted by Crippen LogP contribution is 2.45. The molecule has 2 aliphatic heterocycles. The first kappa shape index (κ1) is 29.9. The van der Waals surface area contributed by atoms with Gasteiger partial charge in [-0.25, -0.2) is 9.59 Å². The standard InChI is InChI=1S/C25H35N3O11/c1-13(29)37-12-18-15(9-19(30)31)16(10-20(32)33)21(38-18)17-11-28(23(35)26-22(17)34)14-5-7-27(8-6-14)24(36)39-25(2,3)4/h11,14-16,18,21H,5-10,12H2,1-4H3,(H,30,31)(H,32,33)(H,26,34,35)/t15-,16+,18+,21+/m1/s1. The van der Waals surface area contributed by atoms with E-state index in [-0.39, 0.29) is 18.2 Å². The molecule has 3 heterocycles. The normalized spacial score (nSPS) is 23.8. The van der Waals surface area contributed by atoms with Gasteiger partial charge in [-0.15, -0.1) is 0 Å². The highest BCUT2D eigenvalue weighted by atomic mass is 16.6. The quantitative estimate of drug-likeness (QED) is 0.393. The van der Waals surface area contributed by atoms with Crippen molar-refractivity contribution in [3.63, 3.8) is 0 Å². The summed E-state index contributed by atoms with van der Waals surface area (Å²) in [5.74, 6) is -4.88. The van der Waals surface area contributed by atoms with Gasteiger partial charge in [0.2, 0.25) is 0 Å². The first-order valence-corrected chi connectivity index (χ1v) is 12.7. The Hall–Kier alpha value is -3.68. The summed E-state index contributed by atoms with van der Waals surface area (Å²) in [4.78, 5) is 76.5. The Morgan fingerprint density at radius 2 is 1.64 bits per heavy atom. The van der Waals surface area contributed by atoms with E-state index in [1.807, 2.05) is 0 Å². The minimum atomic E-state index is -1.23. The number of ether oxygens (including phenoxy) is 3. The maximum absolute atomic E-state index is 12.9. The third-order valence-corrected chi connectivity index (χ3v) is 6.82. The largest absolute Gasteiger partial charge is 0.481 e. The van der Waals surface area contributed by atoms with E-state index < -0.39 is 77.7 Å². The third kappa shape index (κ3) is 7.68. The lowest BCUT2D eigenvalue weighted by Gasteiger charge is -2.34. The van der Waals surface area contributed by atoms with Crippen molar-refractivity contribution in [3.05, 3.63) is 32.6 Å². The van der Waals surface area contributed by atoms with Crippen LogP contribution in [-0.4, -0.2) is 80.1 Å². The predicted octanol–water partition coefficient (Wildman–Crippen LogP) is 1.29. The fraction of sp³-hybridized carbons (Fsp3) is 0.680. The van der Waals surface area contributed by atoms with E-state index in [1.54, 1.807) is 25.7 Å². The lowest BCUT2D eigenvalue weighted by molar-refractivity contribution is -0.146. The Morgan fingerprint density at radius 3 is 2.18 bits per heavy atom. The lowest BCUT2D eigenvalue weighted by Crippen LogP contribution is -2.44. The van der Waals surface area contributed by atoms with E-state index in [9.17, 15) is 39.0 Å². The second kappa shape index (κ2) is 12.0. The van der Waals surface area contributed by atoms with E-state index in [2.05, 4.69) is 4.98 Å². The lowest BCUT2D eigenvalue weighted by atomic mass is 9.81. The molecule has 0 spiro atoms. The molecule has 1 aromatic rings. The Balaban J connectivity index is 1.90. The van der Waals surface area contributed by atoms with Crippen LogP contribution >= 0.6 is 0 Å². The monoisotopic (exact) mass is 553 g/mol. The number of amides is 1. The summed E-state index contributed by atoms with van der Waals surface area (Å²) in [5, 5.41) is 19.0. The van der Waals surface area contributed by atoms with Crippen molar-refractivity contribution in [1.82, 2.24) is 14.5 Å². The summed E-state index contributed by atoms with van der Waals surface area (Å²) in [7, 11) is 0. The molecule has 14 heteroatoms. The van der Waals surface area contributed by atoms with Crippen LogP contribution in [0.5, 0.6) is 0 Å². The number of aromatic amines is 1. The van der Waals surface area contributed by atoms with Gasteiger partial charge in [0.1, 0.15) is 12.2 Å². The Morgan fingerprint density at radius 1 is 1.05 bits per heavy atom. The van der Waals surface area contributed by atoms with Crippen molar-refractivity contribution in [2.24, 2.45) is 11.8 Å². The number of likely N-dealkylation sites (tertiary alicyclic amines) is 1. The summed E-state index contributed by atoms with van der Waals surface area (Å²) in [6.45, 7) is 6.77. The topological polar surface area (TPSA) is 195 Å². The number of esters is 1. The number of carboxylic acids is 2. The van der Waals surface area contributed by atoms with Gasteiger partial charge in [-0.05, 0) is 33.6 Å². The van der Waals surface area contributed by atoms with Crippen LogP contribution in [0.2, 0.25) is 0 Å². The number of H-pyrrole nitrogens is 1. The number of carboxylic acid groups (broad SMARTS) is 2. The van der Waals surface area contributed by atoms with E-state index in [4.69, 9.17) is 14.2 Å². The molecule has 216 valence electrons. The van der Waals surface area contributed by atoms with Crippen molar-refractivity contribution in [1.29, 1.82) is 0 Å². The fourth-order valence-electron chi connectivity index (χ4n) is 5.13. The summed E-state index contributed by atoms with van der Waals surface area (Å²) >= 11 is 0. The number of carbonyl (C=O) groups is 4. The Bertz CT molecular complexity index is 1210. The molecule has 1 aromatic heterocycles.